The monoisotopic (exact) mass is 389 g/mol. The van der Waals surface area contributed by atoms with Crippen molar-refractivity contribution >= 4 is 16.0 Å². The molecule has 4 bridgehead atoms. The third kappa shape index (κ3) is 3.18. The maximum absolute atomic E-state index is 13.0. The van der Waals surface area contributed by atoms with Crippen LogP contribution in [-0.4, -0.2) is 25.7 Å². The van der Waals surface area contributed by atoms with E-state index in [2.05, 4.69) is 6.58 Å². The maximum Gasteiger partial charge on any atom is 0.318 e. The number of esters is 1. The molecule has 4 saturated carbocycles. The molecular formula is C21H27NO4S. The van der Waals surface area contributed by atoms with E-state index in [1.165, 1.54) is 26.3 Å². The minimum absolute atomic E-state index is 0.128. The Morgan fingerprint density at radius 3 is 2.04 bits per heavy atom. The molecule has 1 aromatic rings. The summed E-state index contributed by atoms with van der Waals surface area (Å²) in [5, 5.41) is 0. The second-order valence-electron chi connectivity index (χ2n) is 8.77. The normalized spacial score (nSPS) is 31.6. The highest BCUT2D eigenvalue weighted by Gasteiger charge is 2.55. The van der Waals surface area contributed by atoms with E-state index in [0.717, 1.165) is 29.1 Å². The third-order valence-corrected chi connectivity index (χ3v) is 8.50. The van der Waals surface area contributed by atoms with Crippen LogP contribution in [0.1, 0.15) is 44.1 Å². The second-order valence-corrected chi connectivity index (χ2v) is 10.7. The first-order valence-corrected chi connectivity index (χ1v) is 11.1. The van der Waals surface area contributed by atoms with E-state index < -0.39 is 15.4 Å². The molecule has 4 aliphatic rings. The van der Waals surface area contributed by atoms with Gasteiger partial charge in [-0.2, -0.15) is 0 Å². The van der Waals surface area contributed by atoms with E-state index in [1.54, 1.807) is 24.3 Å². The van der Waals surface area contributed by atoms with Crippen LogP contribution < -0.4 is 0 Å². The van der Waals surface area contributed by atoms with Crippen molar-refractivity contribution in [1.29, 1.82) is 0 Å². The van der Waals surface area contributed by atoms with Gasteiger partial charge in [0, 0.05) is 7.05 Å². The Morgan fingerprint density at radius 2 is 1.56 bits per heavy atom. The number of rotatable bonds is 5. The summed E-state index contributed by atoms with van der Waals surface area (Å²) in [6.45, 7) is 5.63. The van der Waals surface area contributed by atoms with Crippen molar-refractivity contribution in [2.75, 3.05) is 7.05 Å². The van der Waals surface area contributed by atoms with Gasteiger partial charge in [-0.3, -0.25) is 4.79 Å². The summed E-state index contributed by atoms with van der Waals surface area (Å²) in [5.74, 6) is 1.43. The van der Waals surface area contributed by atoms with Crippen molar-refractivity contribution in [2.45, 2.75) is 50.3 Å². The Labute approximate surface area is 161 Å². The molecule has 0 unspecified atom stereocenters. The fourth-order valence-electron chi connectivity index (χ4n) is 5.64. The predicted octanol–water partition coefficient (Wildman–Crippen LogP) is 3.85. The lowest BCUT2D eigenvalue weighted by Gasteiger charge is -2.55. The highest BCUT2D eigenvalue weighted by molar-refractivity contribution is 7.89. The molecule has 0 aromatic heterocycles. The first-order chi connectivity index (χ1) is 12.7. The average molecular weight is 390 g/mol. The van der Waals surface area contributed by atoms with Crippen molar-refractivity contribution in [2.24, 2.45) is 23.2 Å². The van der Waals surface area contributed by atoms with Crippen LogP contribution in [-0.2, 0) is 19.6 Å². The fourth-order valence-corrected chi connectivity index (χ4v) is 6.74. The minimum atomic E-state index is -3.80. The molecule has 0 radical (unpaired) electrons. The van der Waals surface area contributed by atoms with Crippen molar-refractivity contribution in [3.8, 4) is 0 Å². The van der Waals surface area contributed by atoms with E-state index in [4.69, 9.17) is 4.74 Å². The molecule has 4 fully saturated rings. The van der Waals surface area contributed by atoms with Crippen molar-refractivity contribution in [1.82, 2.24) is 4.31 Å². The van der Waals surface area contributed by atoms with E-state index in [-0.39, 0.29) is 16.7 Å². The van der Waals surface area contributed by atoms with Gasteiger partial charge >= 0.3 is 5.97 Å². The largest absolute Gasteiger partial charge is 0.409 e. The summed E-state index contributed by atoms with van der Waals surface area (Å²) in [6, 6.07) is 6.58. The standard InChI is InChI=1S/C21H27NO4S/c1-14-4-6-19(7-5-14)27(24,25)22(3)15(2)26-20(23)21-11-16-8-17(12-21)10-18(9-16)13-21/h4-7,16-18H,2,8-13H2,1,3H3. The summed E-state index contributed by atoms with van der Waals surface area (Å²) in [5.41, 5.74) is 0.537. The highest BCUT2D eigenvalue weighted by atomic mass is 32.2. The quantitative estimate of drug-likeness (QED) is 0.567. The van der Waals surface area contributed by atoms with E-state index >= 15 is 0 Å². The van der Waals surface area contributed by atoms with Crippen LogP contribution in [0.25, 0.3) is 0 Å². The molecule has 5 nitrogen and oxygen atoms in total. The smallest absolute Gasteiger partial charge is 0.318 e. The first-order valence-electron chi connectivity index (χ1n) is 9.66. The zero-order chi connectivity index (χ0) is 19.4. The van der Waals surface area contributed by atoms with Gasteiger partial charge in [0.05, 0.1) is 10.3 Å². The number of hydrogen-bond donors (Lipinski definition) is 0. The number of benzene rings is 1. The van der Waals surface area contributed by atoms with E-state index in [0.29, 0.717) is 17.8 Å². The van der Waals surface area contributed by atoms with E-state index in [9.17, 15) is 13.2 Å². The van der Waals surface area contributed by atoms with Gasteiger partial charge in [0.1, 0.15) is 0 Å². The second kappa shape index (κ2) is 6.36. The molecule has 4 aliphatic carbocycles. The van der Waals surface area contributed by atoms with Gasteiger partial charge in [-0.1, -0.05) is 17.7 Å². The molecule has 1 aromatic carbocycles. The summed E-state index contributed by atoms with van der Waals surface area (Å²) >= 11 is 0. The Hall–Kier alpha value is -1.82. The van der Waals surface area contributed by atoms with Crippen LogP contribution >= 0.6 is 0 Å². The number of aryl methyl sites for hydroxylation is 1. The van der Waals surface area contributed by atoms with Crippen LogP contribution in [0.5, 0.6) is 0 Å². The Bertz CT molecular complexity index is 837. The molecule has 6 heteroatoms. The summed E-state index contributed by atoms with van der Waals surface area (Å²) in [4.78, 5) is 13.2. The Morgan fingerprint density at radius 1 is 1.07 bits per heavy atom. The van der Waals surface area contributed by atoms with Gasteiger partial charge in [0.25, 0.3) is 10.0 Å². The van der Waals surface area contributed by atoms with Gasteiger partial charge in [-0.05, 0) is 81.9 Å². The van der Waals surface area contributed by atoms with Gasteiger partial charge in [-0.25, -0.2) is 12.7 Å². The number of hydrogen-bond acceptors (Lipinski definition) is 4. The van der Waals surface area contributed by atoms with Crippen LogP contribution in [0, 0.1) is 30.1 Å². The molecule has 5 rings (SSSR count). The molecule has 0 aliphatic heterocycles. The van der Waals surface area contributed by atoms with Crippen LogP contribution in [0.15, 0.2) is 41.6 Å². The minimum Gasteiger partial charge on any atom is -0.409 e. The molecular weight excluding hydrogens is 362 g/mol. The number of carbonyl (C=O) groups is 1. The Kier molecular flexibility index (Phi) is 4.37. The van der Waals surface area contributed by atoms with Gasteiger partial charge in [0.2, 0.25) is 5.88 Å². The van der Waals surface area contributed by atoms with Crippen molar-refractivity contribution in [3.05, 3.63) is 42.3 Å². The lowest BCUT2D eigenvalue weighted by molar-refractivity contribution is -0.168. The SMILES string of the molecule is C=C(OC(=O)C12CC3CC(CC(C3)C1)C2)N(C)S(=O)(=O)c1ccc(C)cc1. The topological polar surface area (TPSA) is 63.7 Å². The number of nitrogens with zero attached hydrogens (tertiary/aromatic N) is 1. The fraction of sp³-hybridized carbons (Fsp3) is 0.571. The molecule has 0 saturated heterocycles. The number of carbonyl (C=O) groups excluding carboxylic acids is 1. The maximum atomic E-state index is 13.0. The lowest BCUT2D eigenvalue weighted by atomic mass is 9.49. The Balaban J connectivity index is 1.48. The zero-order valence-electron chi connectivity index (χ0n) is 16.0. The molecule has 0 atom stereocenters. The van der Waals surface area contributed by atoms with Gasteiger partial charge in [-0.15, -0.1) is 0 Å². The summed E-state index contributed by atoms with van der Waals surface area (Å²) < 4.78 is 32.1. The van der Waals surface area contributed by atoms with E-state index in [1.807, 2.05) is 6.92 Å². The van der Waals surface area contributed by atoms with Gasteiger partial charge in [0.15, 0.2) is 0 Å². The molecule has 0 spiro atoms. The third-order valence-electron chi connectivity index (χ3n) is 6.71. The predicted molar refractivity (Wildman–Crippen MR) is 102 cm³/mol. The molecule has 0 amide bonds. The average Bonchev–Trinajstić information content (AvgIpc) is 2.60. The van der Waals surface area contributed by atoms with Crippen LogP contribution in [0.2, 0.25) is 0 Å². The first kappa shape index (κ1) is 18.5. The molecule has 146 valence electrons. The van der Waals surface area contributed by atoms with Gasteiger partial charge < -0.3 is 4.74 Å². The van der Waals surface area contributed by atoms with Crippen molar-refractivity contribution < 1.29 is 17.9 Å². The van der Waals surface area contributed by atoms with Crippen molar-refractivity contribution in [3.63, 3.8) is 0 Å². The molecule has 0 heterocycles. The summed E-state index contributed by atoms with van der Waals surface area (Å²) in [7, 11) is -2.42. The van der Waals surface area contributed by atoms with Crippen LogP contribution in [0.3, 0.4) is 0 Å². The van der Waals surface area contributed by atoms with Crippen LogP contribution in [0.4, 0.5) is 0 Å². The summed E-state index contributed by atoms with van der Waals surface area (Å²) in [6.07, 6.45) is 6.32. The highest BCUT2D eigenvalue weighted by Crippen LogP contribution is 2.60. The number of ether oxygens (including phenoxy) is 1. The zero-order valence-corrected chi connectivity index (χ0v) is 16.8. The molecule has 27 heavy (non-hydrogen) atoms. The lowest BCUT2D eigenvalue weighted by Crippen LogP contribution is -2.50. The number of sulfonamides is 1. The molecule has 0 N–H and O–H groups in total.